The molecule has 0 aliphatic heterocycles. The number of para-hydroxylation sites is 1. The van der Waals surface area contributed by atoms with Crippen LogP contribution in [0.5, 0.6) is 5.75 Å². The van der Waals surface area contributed by atoms with Gasteiger partial charge in [-0.05, 0) is 19.2 Å². The van der Waals surface area contributed by atoms with Crippen molar-refractivity contribution in [3.05, 3.63) is 18.2 Å². The molecule has 1 rings (SSSR count). The molecule has 14 heavy (non-hydrogen) atoms. The Morgan fingerprint density at radius 1 is 1.43 bits per heavy atom. The first-order valence-corrected chi connectivity index (χ1v) is 5.59. The number of ether oxygens (including phenoxy) is 1. The highest BCUT2D eigenvalue weighted by molar-refractivity contribution is 7.98. The van der Waals surface area contributed by atoms with Gasteiger partial charge in [-0.2, -0.15) is 0 Å². The fourth-order valence-corrected chi connectivity index (χ4v) is 1.77. The van der Waals surface area contributed by atoms with E-state index in [4.69, 9.17) is 14.8 Å². The minimum absolute atomic E-state index is 0.415. The van der Waals surface area contributed by atoms with Crippen molar-refractivity contribution in [1.29, 1.82) is 0 Å². The van der Waals surface area contributed by atoms with Gasteiger partial charge in [-0.3, -0.25) is 0 Å². The Morgan fingerprint density at radius 3 is 2.64 bits per heavy atom. The van der Waals surface area contributed by atoms with Crippen molar-refractivity contribution < 1.29 is 14.8 Å². The first-order chi connectivity index (χ1) is 6.70. The molecule has 76 valence electrons. The summed E-state index contributed by atoms with van der Waals surface area (Å²) in [6.45, 7) is 2.38. The number of hydrogen-bond donors (Lipinski definition) is 2. The van der Waals surface area contributed by atoms with Gasteiger partial charge in [0.25, 0.3) is 0 Å². The molecule has 5 heteroatoms. The molecule has 2 N–H and O–H groups in total. The Balaban J connectivity index is 3.13. The molecule has 0 saturated heterocycles. The average molecular weight is 212 g/mol. The standard InChI is InChI=1S/C9H13BO3S/c1-3-13-9-7(10(11)12)5-4-6-8(9)14-2/h4-6,11-12H,3H2,1-2H3. The van der Waals surface area contributed by atoms with Crippen molar-refractivity contribution in [2.24, 2.45) is 0 Å². The molecule has 0 radical (unpaired) electrons. The lowest BCUT2D eigenvalue weighted by atomic mass is 9.79. The summed E-state index contributed by atoms with van der Waals surface area (Å²) in [7, 11) is -1.48. The number of hydrogen-bond acceptors (Lipinski definition) is 4. The number of rotatable bonds is 4. The maximum atomic E-state index is 9.12. The van der Waals surface area contributed by atoms with Gasteiger partial charge in [0.15, 0.2) is 0 Å². The molecule has 0 fully saturated rings. The summed E-state index contributed by atoms with van der Waals surface area (Å²) in [5, 5.41) is 18.2. The van der Waals surface area contributed by atoms with Crippen LogP contribution in [0.2, 0.25) is 0 Å². The number of benzene rings is 1. The summed E-state index contributed by atoms with van der Waals surface area (Å²) in [5.41, 5.74) is 0.415. The van der Waals surface area contributed by atoms with E-state index in [0.717, 1.165) is 4.90 Å². The Labute approximate surface area is 88.2 Å². The van der Waals surface area contributed by atoms with Crippen molar-refractivity contribution in [3.8, 4) is 5.75 Å². The quantitative estimate of drug-likeness (QED) is 0.563. The molecule has 0 atom stereocenters. The van der Waals surface area contributed by atoms with Gasteiger partial charge in [-0.15, -0.1) is 11.8 Å². The topological polar surface area (TPSA) is 49.7 Å². The molecule has 0 aliphatic rings. The van der Waals surface area contributed by atoms with Crippen molar-refractivity contribution in [2.75, 3.05) is 12.9 Å². The SMILES string of the molecule is CCOc1c(SC)cccc1B(O)O. The van der Waals surface area contributed by atoms with E-state index in [-0.39, 0.29) is 0 Å². The summed E-state index contributed by atoms with van der Waals surface area (Å²) in [4.78, 5) is 0.914. The first-order valence-electron chi connectivity index (χ1n) is 4.36. The summed E-state index contributed by atoms with van der Waals surface area (Å²) < 4.78 is 5.38. The zero-order valence-corrected chi connectivity index (χ0v) is 9.04. The van der Waals surface area contributed by atoms with Crippen molar-refractivity contribution in [2.45, 2.75) is 11.8 Å². The molecular weight excluding hydrogens is 199 g/mol. The highest BCUT2D eigenvalue weighted by atomic mass is 32.2. The van der Waals surface area contributed by atoms with Gasteiger partial charge in [-0.1, -0.05) is 12.1 Å². The fourth-order valence-electron chi connectivity index (χ4n) is 1.20. The van der Waals surface area contributed by atoms with E-state index >= 15 is 0 Å². The van der Waals surface area contributed by atoms with Gasteiger partial charge in [0.2, 0.25) is 0 Å². The summed E-state index contributed by atoms with van der Waals surface area (Å²) in [6, 6.07) is 5.32. The van der Waals surface area contributed by atoms with Crippen LogP contribution in [0, 0.1) is 0 Å². The molecule has 0 bridgehead atoms. The first kappa shape index (κ1) is 11.4. The molecule has 0 amide bonds. The molecule has 0 saturated carbocycles. The molecule has 0 spiro atoms. The molecule has 3 nitrogen and oxygen atoms in total. The van der Waals surface area contributed by atoms with Crippen LogP contribution in [0.3, 0.4) is 0 Å². The fraction of sp³-hybridized carbons (Fsp3) is 0.333. The van der Waals surface area contributed by atoms with Crippen molar-refractivity contribution in [3.63, 3.8) is 0 Å². The second-order valence-corrected chi connectivity index (χ2v) is 3.53. The maximum Gasteiger partial charge on any atom is 0.492 e. The zero-order valence-electron chi connectivity index (χ0n) is 8.23. The van der Waals surface area contributed by atoms with E-state index in [1.807, 2.05) is 19.2 Å². The molecule has 0 aromatic heterocycles. The van der Waals surface area contributed by atoms with Crippen LogP contribution < -0.4 is 10.2 Å². The van der Waals surface area contributed by atoms with Gasteiger partial charge in [-0.25, -0.2) is 0 Å². The Kier molecular flexibility index (Phi) is 4.32. The Morgan fingerprint density at radius 2 is 2.14 bits per heavy atom. The predicted octanol–water partition coefficient (Wildman–Crippen LogP) is 0.487. The van der Waals surface area contributed by atoms with Crippen LogP contribution in [-0.2, 0) is 0 Å². The second kappa shape index (κ2) is 5.29. The van der Waals surface area contributed by atoms with Gasteiger partial charge >= 0.3 is 7.12 Å². The van der Waals surface area contributed by atoms with Crippen LogP contribution in [-0.4, -0.2) is 30.0 Å². The van der Waals surface area contributed by atoms with E-state index in [1.165, 1.54) is 11.8 Å². The summed E-state index contributed by atoms with van der Waals surface area (Å²) >= 11 is 1.52. The third-order valence-electron chi connectivity index (χ3n) is 1.80. The molecule has 0 unspecified atom stereocenters. The summed E-state index contributed by atoms with van der Waals surface area (Å²) in [6.07, 6.45) is 1.92. The molecule has 1 aromatic carbocycles. The lowest BCUT2D eigenvalue weighted by molar-refractivity contribution is 0.332. The van der Waals surface area contributed by atoms with E-state index in [1.54, 1.807) is 12.1 Å². The molecule has 0 heterocycles. The molecular formula is C9H13BO3S. The van der Waals surface area contributed by atoms with E-state index < -0.39 is 7.12 Å². The monoisotopic (exact) mass is 212 g/mol. The van der Waals surface area contributed by atoms with Crippen LogP contribution >= 0.6 is 11.8 Å². The normalized spacial score (nSPS) is 10.0. The Bertz CT molecular complexity index is 304. The van der Waals surface area contributed by atoms with Crippen LogP contribution in [0.4, 0.5) is 0 Å². The minimum atomic E-state index is -1.48. The van der Waals surface area contributed by atoms with Crippen LogP contribution in [0.15, 0.2) is 23.1 Å². The zero-order chi connectivity index (χ0) is 10.6. The Hall–Kier alpha value is -0.645. The molecule has 1 aromatic rings. The highest BCUT2D eigenvalue weighted by Gasteiger charge is 2.19. The lowest BCUT2D eigenvalue weighted by Gasteiger charge is -2.12. The smallest absolute Gasteiger partial charge is 0.492 e. The third-order valence-corrected chi connectivity index (χ3v) is 2.56. The van der Waals surface area contributed by atoms with Crippen LogP contribution in [0.1, 0.15) is 6.92 Å². The summed E-state index contributed by atoms with van der Waals surface area (Å²) in [5.74, 6) is 0.567. The van der Waals surface area contributed by atoms with E-state index in [0.29, 0.717) is 17.8 Å². The van der Waals surface area contributed by atoms with Gasteiger partial charge in [0.1, 0.15) is 5.75 Å². The lowest BCUT2D eigenvalue weighted by Crippen LogP contribution is -2.31. The predicted molar refractivity (Wildman–Crippen MR) is 59.2 cm³/mol. The minimum Gasteiger partial charge on any atom is -0.493 e. The van der Waals surface area contributed by atoms with Gasteiger partial charge in [0.05, 0.1) is 6.61 Å². The molecule has 0 aliphatic carbocycles. The average Bonchev–Trinajstić information content (AvgIpc) is 2.18. The van der Waals surface area contributed by atoms with Crippen molar-refractivity contribution in [1.82, 2.24) is 0 Å². The van der Waals surface area contributed by atoms with Gasteiger partial charge in [0, 0.05) is 10.4 Å². The van der Waals surface area contributed by atoms with Crippen molar-refractivity contribution >= 4 is 24.3 Å². The van der Waals surface area contributed by atoms with Gasteiger partial charge < -0.3 is 14.8 Å². The largest absolute Gasteiger partial charge is 0.493 e. The van der Waals surface area contributed by atoms with E-state index in [2.05, 4.69) is 0 Å². The third kappa shape index (κ3) is 2.44. The van der Waals surface area contributed by atoms with E-state index in [9.17, 15) is 0 Å². The highest BCUT2D eigenvalue weighted by Crippen LogP contribution is 2.25. The number of thioether (sulfide) groups is 1. The second-order valence-electron chi connectivity index (χ2n) is 2.69. The van der Waals surface area contributed by atoms with Crippen LogP contribution in [0.25, 0.3) is 0 Å². The maximum absolute atomic E-state index is 9.12.